The second kappa shape index (κ2) is 13.6. The normalized spacial score (nSPS) is 11.5. The fourth-order valence-electron chi connectivity index (χ4n) is 5.27. The van der Waals surface area contributed by atoms with E-state index in [1.807, 2.05) is 30.3 Å². The van der Waals surface area contributed by atoms with Gasteiger partial charge in [0.15, 0.2) is 11.4 Å². The summed E-state index contributed by atoms with van der Waals surface area (Å²) in [5.74, 6) is -0.399. The van der Waals surface area contributed by atoms with Crippen LogP contribution in [0.5, 0.6) is 0 Å². The molecular weight excluding hydrogens is 459 g/mol. The van der Waals surface area contributed by atoms with E-state index in [4.69, 9.17) is 4.42 Å². The number of halogens is 1. The smallest absolute Gasteiger partial charge is 0.344 e. The maximum absolute atomic E-state index is 15.1. The SMILES string of the molecule is CCCCCCCCCCc1ccc(-c2ccc3c(c2)c(=O)oc2c(F)c(CCCCC)ccc23)cc1. The molecule has 0 aliphatic heterocycles. The van der Waals surface area contributed by atoms with Gasteiger partial charge in [0.25, 0.3) is 0 Å². The van der Waals surface area contributed by atoms with Crippen molar-refractivity contribution < 1.29 is 8.81 Å². The van der Waals surface area contributed by atoms with Crippen molar-refractivity contribution in [1.82, 2.24) is 0 Å². The third kappa shape index (κ3) is 6.89. The molecule has 1 heterocycles. The summed E-state index contributed by atoms with van der Waals surface area (Å²) in [6.07, 6.45) is 15.5. The third-order valence-corrected chi connectivity index (χ3v) is 7.56. The topological polar surface area (TPSA) is 30.2 Å². The number of aryl methyl sites for hydroxylation is 2. The molecule has 4 aromatic rings. The van der Waals surface area contributed by atoms with Crippen LogP contribution in [0.4, 0.5) is 4.39 Å². The van der Waals surface area contributed by atoms with E-state index in [1.165, 1.54) is 56.9 Å². The Hall–Kier alpha value is -2.94. The van der Waals surface area contributed by atoms with Crippen molar-refractivity contribution in [2.75, 3.05) is 0 Å². The first-order valence-electron chi connectivity index (χ1n) is 14.4. The van der Waals surface area contributed by atoms with E-state index in [0.29, 0.717) is 22.8 Å². The van der Waals surface area contributed by atoms with Crippen LogP contribution in [-0.4, -0.2) is 0 Å². The van der Waals surface area contributed by atoms with Gasteiger partial charge < -0.3 is 4.42 Å². The monoisotopic (exact) mass is 500 g/mol. The molecule has 196 valence electrons. The predicted molar refractivity (Wildman–Crippen MR) is 155 cm³/mol. The minimum atomic E-state index is -0.486. The van der Waals surface area contributed by atoms with Gasteiger partial charge in [0.1, 0.15) is 0 Å². The molecule has 1 aromatic heterocycles. The van der Waals surface area contributed by atoms with Crippen LogP contribution < -0.4 is 5.63 Å². The van der Waals surface area contributed by atoms with E-state index < -0.39 is 11.4 Å². The molecule has 0 spiro atoms. The van der Waals surface area contributed by atoms with Crippen LogP contribution in [0.3, 0.4) is 0 Å². The minimum absolute atomic E-state index is 0.0737. The molecule has 0 saturated heterocycles. The molecule has 0 unspecified atom stereocenters. The molecule has 3 aromatic carbocycles. The van der Waals surface area contributed by atoms with Crippen molar-refractivity contribution in [1.29, 1.82) is 0 Å². The van der Waals surface area contributed by atoms with E-state index in [0.717, 1.165) is 42.2 Å². The fourth-order valence-corrected chi connectivity index (χ4v) is 5.27. The molecule has 0 atom stereocenters. The lowest BCUT2D eigenvalue weighted by molar-refractivity contribution is 0.522. The summed E-state index contributed by atoms with van der Waals surface area (Å²) in [7, 11) is 0. The quantitative estimate of drug-likeness (QED) is 0.0979. The van der Waals surface area contributed by atoms with Crippen molar-refractivity contribution in [2.24, 2.45) is 0 Å². The van der Waals surface area contributed by atoms with Crippen LogP contribution in [0.15, 0.2) is 63.8 Å². The number of fused-ring (bicyclic) bond motifs is 3. The Morgan fingerprint density at radius 3 is 1.95 bits per heavy atom. The van der Waals surface area contributed by atoms with Gasteiger partial charge in [0.2, 0.25) is 0 Å². The van der Waals surface area contributed by atoms with E-state index in [2.05, 4.69) is 38.1 Å². The average Bonchev–Trinajstić information content (AvgIpc) is 2.92. The number of unbranched alkanes of at least 4 members (excludes halogenated alkanes) is 9. The lowest BCUT2D eigenvalue weighted by atomic mass is 9.97. The highest BCUT2D eigenvalue weighted by Gasteiger charge is 2.15. The predicted octanol–water partition coefficient (Wildman–Crippen LogP) is 10.2. The van der Waals surface area contributed by atoms with Gasteiger partial charge in [-0.15, -0.1) is 0 Å². The average molecular weight is 501 g/mol. The Bertz CT molecular complexity index is 1350. The fraction of sp³-hybridized carbons (Fsp3) is 0.441. The summed E-state index contributed by atoms with van der Waals surface area (Å²) in [6, 6.07) is 18.2. The van der Waals surface area contributed by atoms with Gasteiger partial charge in [-0.1, -0.05) is 120 Å². The zero-order chi connectivity index (χ0) is 26.0. The largest absolute Gasteiger partial charge is 0.419 e. The van der Waals surface area contributed by atoms with Crippen molar-refractivity contribution in [3.05, 3.63) is 82.0 Å². The van der Waals surface area contributed by atoms with Crippen LogP contribution in [0.25, 0.3) is 32.9 Å². The molecule has 0 saturated carbocycles. The first-order valence-corrected chi connectivity index (χ1v) is 14.4. The van der Waals surface area contributed by atoms with E-state index in [-0.39, 0.29) is 5.58 Å². The zero-order valence-corrected chi connectivity index (χ0v) is 22.6. The van der Waals surface area contributed by atoms with Crippen LogP contribution in [0, 0.1) is 5.82 Å². The second-order valence-corrected chi connectivity index (χ2v) is 10.4. The summed E-state index contributed by atoms with van der Waals surface area (Å²) < 4.78 is 20.7. The van der Waals surface area contributed by atoms with Crippen molar-refractivity contribution >= 4 is 21.7 Å². The number of rotatable bonds is 14. The maximum atomic E-state index is 15.1. The van der Waals surface area contributed by atoms with Gasteiger partial charge in [-0.3, -0.25) is 0 Å². The lowest BCUT2D eigenvalue weighted by Crippen LogP contribution is -2.02. The van der Waals surface area contributed by atoms with E-state index in [1.54, 1.807) is 0 Å². The first kappa shape index (κ1) is 27.1. The Balaban J connectivity index is 1.45. The summed E-state index contributed by atoms with van der Waals surface area (Å²) >= 11 is 0. The number of hydrogen-bond donors (Lipinski definition) is 0. The van der Waals surface area contributed by atoms with E-state index >= 15 is 4.39 Å². The number of benzene rings is 3. The van der Waals surface area contributed by atoms with Crippen LogP contribution in [0.1, 0.15) is 95.6 Å². The molecule has 0 aliphatic rings. The molecule has 37 heavy (non-hydrogen) atoms. The molecule has 0 fully saturated rings. The van der Waals surface area contributed by atoms with E-state index in [9.17, 15) is 4.79 Å². The molecule has 0 amide bonds. The number of hydrogen-bond acceptors (Lipinski definition) is 2. The van der Waals surface area contributed by atoms with Crippen LogP contribution >= 0.6 is 0 Å². The molecule has 3 heteroatoms. The highest BCUT2D eigenvalue weighted by Crippen LogP contribution is 2.30. The van der Waals surface area contributed by atoms with Gasteiger partial charge in [-0.25, -0.2) is 9.18 Å². The maximum Gasteiger partial charge on any atom is 0.344 e. The summed E-state index contributed by atoms with van der Waals surface area (Å²) in [5, 5.41) is 1.88. The molecular formula is C34H41FO2. The molecule has 2 nitrogen and oxygen atoms in total. The van der Waals surface area contributed by atoms with Gasteiger partial charge in [0.05, 0.1) is 5.39 Å². The van der Waals surface area contributed by atoms with Crippen LogP contribution in [0.2, 0.25) is 0 Å². The standard InChI is InChI=1S/C34H41FO2/c1-3-5-7-8-9-10-11-13-14-25-16-18-26(19-17-25)28-21-22-29-30-23-20-27(15-12-6-4-2)32(35)33(30)37-34(36)31(29)24-28/h16-24H,3-15H2,1-2H3. The summed E-state index contributed by atoms with van der Waals surface area (Å²) in [6.45, 7) is 4.39. The Morgan fingerprint density at radius 2 is 1.22 bits per heavy atom. The van der Waals surface area contributed by atoms with Gasteiger partial charge >= 0.3 is 5.63 Å². The van der Waals surface area contributed by atoms with Crippen molar-refractivity contribution in [3.8, 4) is 11.1 Å². The van der Waals surface area contributed by atoms with Gasteiger partial charge in [0, 0.05) is 10.8 Å². The highest BCUT2D eigenvalue weighted by molar-refractivity contribution is 6.05. The second-order valence-electron chi connectivity index (χ2n) is 10.4. The lowest BCUT2D eigenvalue weighted by Gasteiger charge is -2.09. The summed E-state index contributed by atoms with van der Waals surface area (Å²) in [5.41, 5.74) is 3.59. The Kier molecular flexibility index (Phi) is 9.93. The van der Waals surface area contributed by atoms with Crippen molar-refractivity contribution in [2.45, 2.75) is 97.3 Å². The van der Waals surface area contributed by atoms with Crippen molar-refractivity contribution in [3.63, 3.8) is 0 Å². The molecule has 0 aliphatic carbocycles. The highest BCUT2D eigenvalue weighted by atomic mass is 19.1. The van der Waals surface area contributed by atoms with Gasteiger partial charge in [-0.05, 0) is 54.0 Å². The first-order chi connectivity index (χ1) is 18.1. The third-order valence-electron chi connectivity index (χ3n) is 7.56. The molecule has 0 N–H and O–H groups in total. The summed E-state index contributed by atoms with van der Waals surface area (Å²) in [4.78, 5) is 12.9. The molecule has 4 rings (SSSR count). The van der Waals surface area contributed by atoms with Gasteiger partial charge in [-0.2, -0.15) is 0 Å². The Labute approximate surface area is 220 Å². The van der Waals surface area contributed by atoms with Crippen LogP contribution in [-0.2, 0) is 12.8 Å². The minimum Gasteiger partial charge on any atom is -0.419 e. The molecule has 0 bridgehead atoms. The molecule has 0 radical (unpaired) electrons. The zero-order valence-electron chi connectivity index (χ0n) is 22.6. The Morgan fingerprint density at radius 1 is 0.622 bits per heavy atom.